The van der Waals surface area contributed by atoms with Crippen LogP contribution >= 0.6 is 11.3 Å². The summed E-state index contributed by atoms with van der Waals surface area (Å²) in [6.07, 6.45) is 0. The van der Waals surface area contributed by atoms with Crippen molar-refractivity contribution in [2.24, 2.45) is 0 Å². The van der Waals surface area contributed by atoms with Crippen molar-refractivity contribution in [3.8, 4) is 51.0 Å². The van der Waals surface area contributed by atoms with Crippen molar-refractivity contribution in [3.05, 3.63) is 182 Å². The summed E-state index contributed by atoms with van der Waals surface area (Å²) in [7, 11) is 0. The van der Waals surface area contributed by atoms with Crippen molar-refractivity contribution in [1.29, 1.82) is 0 Å². The molecule has 0 saturated carbocycles. The van der Waals surface area contributed by atoms with Gasteiger partial charge in [-0.2, -0.15) is 0 Å². The highest BCUT2D eigenvalue weighted by Gasteiger charge is 2.19. The molecule has 0 bridgehead atoms. The topological polar surface area (TPSA) is 56.7 Å². The predicted octanol–water partition coefficient (Wildman–Crippen LogP) is 13.9. The lowest BCUT2D eigenvalue weighted by atomic mass is 10.0. The van der Waals surface area contributed by atoms with Crippen molar-refractivity contribution in [1.82, 2.24) is 19.5 Å². The minimum absolute atomic E-state index is 0.616. The van der Waals surface area contributed by atoms with Gasteiger partial charge in [0.15, 0.2) is 17.5 Å². The molecule has 57 heavy (non-hydrogen) atoms. The van der Waals surface area contributed by atoms with E-state index in [1.165, 1.54) is 42.1 Å². The average molecular weight is 747 g/mol. The molecule has 8 aromatic carbocycles. The third kappa shape index (κ3) is 5.12. The van der Waals surface area contributed by atoms with Crippen molar-refractivity contribution in [2.75, 3.05) is 0 Å². The Balaban J connectivity index is 0.999. The molecule has 12 aromatic rings. The van der Waals surface area contributed by atoms with Gasteiger partial charge in [-0.25, -0.2) is 15.0 Å². The van der Waals surface area contributed by atoms with Crippen molar-refractivity contribution >= 4 is 75.3 Å². The van der Waals surface area contributed by atoms with Gasteiger partial charge in [0.25, 0.3) is 0 Å². The number of para-hydroxylation sites is 1. The SMILES string of the molecule is c1ccc(-c2ccc3c(c2)c2ccccc2n3-c2ccc3c(c2)oc2ccc(-c4nc(-c5ccccc5)nc(-c5cccc6c5sc5ccccc56)n4)cc23)cc1. The molecule has 266 valence electrons. The fourth-order valence-electron chi connectivity index (χ4n) is 8.37. The number of nitrogens with zero attached hydrogens (tertiary/aromatic N) is 4. The first kappa shape index (κ1) is 31.9. The maximum Gasteiger partial charge on any atom is 0.165 e. The molecule has 0 spiro atoms. The summed E-state index contributed by atoms with van der Waals surface area (Å²) in [6.45, 7) is 0. The van der Waals surface area contributed by atoms with Crippen molar-refractivity contribution in [2.45, 2.75) is 0 Å². The molecule has 4 aromatic heterocycles. The Hall–Kier alpha value is -7.41. The quantitative estimate of drug-likeness (QED) is 0.176. The minimum Gasteiger partial charge on any atom is -0.456 e. The highest BCUT2D eigenvalue weighted by atomic mass is 32.1. The molecule has 0 radical (unpaired) electrons. The van der Waals surface area contributed by atoms with Gasteiger partial charge in [-0.15, -0.1) is 11.3 Å². The summed E-state index contributed by atoms with van der Waals surface area (Å²) in [5.41, 5.74) is 10.2. The monoisotopic (exact) mass is 746 g/mol. The van der Waals surface area contributed by atoms with Crippen LogP contribution < -0.4 is 0 Å². The second-order valence-electron chi connectivity index (χ2n) is 14.4. The van der Waals surface area contributed by atoms with Gasteiger partial charge in [0.1, 0.15) is 11.2 Å². The average Bonchev–Trinajstić information content (AvgIpc) is 3.95. The zero-order chi connectivity index (χ0) is 37.5. The zero-order valence-corrected chi connectivity index (χ0v) is 31.2. The predicted molar refractivity (Wildman–Crippen MR) is 236 cm³/mol. The standard InChI is InChI=1S/C51H30N4OS/c1-3-12-31(13-4-1)33-22-26-44-41(28-33)36-16-7-9-20-43(36)55(44)35-24-25-37-42-29-34(23-27-45(42)56-46(37)30-35)50-52-49(32-14-5-2-6-15-32)53-51(54-50)40-19-11-18-39-38-17-8-10-21-47(38)57-48(39)40/h1-30H. The molecule has 0 aliphatic rings. The number of furan rings is 1. The van der Waals surface area contributed by atoms with Crippen molar-refractivity contribution in [3.63, 3.8) is 0 Å². The van der Waals surface area contributed by atoms with Crippen LogP contribution in [0.1, 0.15) is 0 Å². The molecule has 0 atom stereocenters. The fraction of sp³-hybridized carbons (Fsp3) is 0. The number of hydrogen-bond acceptors (Lipinski definition) is 5. The molecule has 6 heteroatoms. The number of aromatic nitrogens is 4. The van der Waals surface area contributed by atoms with Crippen LogP contribution in [0.5, 0.6) is 0 Å². The molecule has 0 saturated heterocycles. The van der Waals surface area contributed by atoms with Crippen LogP contribution in [0.4, 0.5) is 0 Å². The van der Waals surface area contributed by atoms with Gasteiger partial charge >= 0.3 is 0 Å². The van der Waals surface area contributed by atoms with Crippen LogP contribution in [0, 0.1) is 0 Å². The lowest BCUT2D eigenvalue weighted by Gasteiger charge is -2.09. The molecule has 4 heterocycles. The molecule has 0 aliphatic carbocycles. The summed E-state index contributed by atoms with van der Waals surface area (Å²) in [6, 6.07) is 63.8. The Morgan fingerprint density at radius 1 is 0.386 bits per heavy atom. The molecule has 0 N–H and O–H groups in total. The van der Waals surface area contributed by atoms with Crippen LogP contribution in [-0.2, 0) is 0 Å². The van der Waals surface area contributed by atoms with Gasteiger partial charge in [0.05, 0.1) is 11.0 Å². The number of thiophene rings is 1. The van der Waals surface area contributed by atoms with Gasteiger partial charge in [-0.3, -0.25) is 0 Å². The molecular weight excluding hydrogens is 717 g/mol. The van der Waals surface area contributed by atoms with E-state index in [1.54, 1.807) is 11.3 Å². The zero-order valence-electron chi connectivity index (χ0n) is 30.4. The van der Waals surface area contributed by atoms with Crippen LogP contribution in [0.2, 0.25) is 0 Å². The lowest BCUT2D eigenvalue weighted by Crippen LogP contribution is -2.00. The van der Waals surface area contributed by atoms with Gasteiger partial charge < -0.3 is 8.98 Å². The van der Waals surface area contributed by atoms with Gasteiger partial charge in [0.2, 0.25) is 0 Å². The Morgan fingerprint density at radius 3 is 1.91 bits per heavy atom. The molecule has 0 amide bonds. The van der Waals surface area contributed by atoms with E-state index in [0.29, 0.717) is 17.5 Å². The maximum absolute atomic E-state index is 6.58. The first-order valence-electron chi connectivity index (χ1n) is 19.0. The van der Waals surface area contributed by atoms with E-state index < -0.39 is 0 Å². The highest BCUT2D eigenvalue weighted by molar-refractivity contribution is 7.26. The third-order valence-corrected chi connectivity index (χ3v) is 12.3. The highest BCUT2D eigenvalue weighted by Crippen LogP contribution is 2.41. The largest absolute Gasteiger partial charge is 0.456 e. The Kier molecular flexibility index (Phi) is 7.03. The van der Waals surface area contributed by atoms with E-state index in [9.17, 15) is 0 Å². The summed E-state index contributed by atoms with van der Waals surface area (Å²) < 4.78 is 11.3. The molecule has 0 aliphatic heterocycles. The third-order valence-electron chi connectivity index (χ3n) is 11.1. The summed E-state index contributed by atoms with van der Waals surface area (Å²) >= 11 is 1.78. The van der Waals surface area contributed by atoms with Gasteiger partial charge in [0, 0.05) is 70.2 Å². The van der Waals surface area contributed by atoms with E-state index in [4.69, 9.17) is 19.4 Å². The number of fused-ring (bicyclic) bond motifs is 9. The molecular formula is C51H30N4OS. The van der Waals surface area contributed by atoms with Crippen LogP contribution in [0.25, 0.3) is 115 Å². The Bertz CT molecular complexity index is 3530. The Labute approximate surface area is 330 Å². The van der Waals surface area contributed by atoms with E-state index in [2.05, 4.69) is 150 Å². The van der Waals surface area contributed by atoms with Crippen LogP contribution in [0.3, 0.4) is 0 Å². The summed E-state index contributed by atoms with van der Waals surface area (Å²) in [5, 5.41) is 6.94. The normalized spacial score (nSPS) is 11.9. The van der Waals surface area contributed by atoms with Gasteiger partial charge in [-0.05, 0) is 71.8 Å². The molecule has 12 rings (SSSR count). The summed E-state index contributed by atoms with van der Waals surface area (Å²) in [4.78, 5) is 15.3. The van der Waals surface area contributed by atoms with E-state index in [-0.39, 0.29) is 0 Å². The lowest BCUT2D eigenvalue weighted by molar-refractivity contribution is 0.668. The molecule has 0 fully saturated rings. The van der Waals surface area contributed by atoms with Crippen molar-refractivity contribution < 1.29 is 4.42 Å². The number of benzene rings is 8. The van der Waals surface area contributed by atoms with Crippen LogP contribution in [0.15, 0.2) is 186 Å². The van der Waals surface area contributed by atoms with E-state index >= 15 is 0 Å². The first-order chi connectivity index (χ1) is 28.2. The molecule has 0 unspecified atom stereocenters. The number of rotatable bonds is 5. The first-order valence-corrected chi connectivity index (χ1v) is 19.8. The Morgan fingerprint density at radius 2 is 1.05 bits per heavy atom. The fourth-order valence-corrected chi connectivity index (χ4v) is 9.58. The number of hydrogen-bond donors (Lipinski definition) is 0. The minimum atomic E-state index is 0.616. The van der Waals surface area contributed by atoms with Crippen LogP contribution in [-0.4, -0.2) is 19.5 Å². The molecule has 5 nitrogen and oxygen atoms in total. The van der Waals surface area contributed by atoms with E-state index in [0.717, 1.165) is 55.3 Å². The maximum atomic E-state index is 6.58. The summed E-state index contributed by atoms with van der Waals surface area (Å²) in [5.74, 6) is 1.91. The second kappa shape index (κ2) is 12.6. The smallest absolute Gasteiger partial charge is 0.165 e. The van der Waals surface area contributed by atoms with Gasteiger partial charge in [-0.1, -0.05) is 115 Å². The second-order valence-corrected chi connectivity index (χ2v) is 15.4. The van der Waals surface area contributed by atoms with E-state index in [1.807, 2.05) is 36.4 Å².